The summed E-state index contributed by atoms with van der Waals surface area (Å²) in [6.45, 7) is 7.50. The Kier molecular flexibility index (Phi) is 6.04. The van der Waals surface area contributed by atoms with Crippen LogP contribution in [0.15, 0.2) is 29.2 Å². The average Bonchev–Trinajstić information content (AvgIpc) is 2.81. The van der Waals surface area contributed by atoms with Crippen LogP contribution >= 0.6 is 0 Å². The van der Waals surface area contributed by atoms with Gasteiger partial charge in [-0.2, -0.15) is 0 Å². The molecule has 2 rings (SSSR count). The molecule has 0 unspecified atom stereocenters. The molecule has 1 aromatic carbocycles. The maximum absolute atomic E-state index is 12.4. The van der Waals surface area contributed by atoms with Crippen molar-refractivity contribution in [2.75, 3.05) is 19.6 Å². The van der Waals surface area contributed by atoms with Gasteiger partial charge >= 0.3 is 0 Å². The zero-order valence-corrected chi connectivity index (χ0v) is 15.7. The molecule has 0 radical (unpaired) electrons. The second kappa shape index (κ2) is 7.66. The number of hydrogen-bond acceptors (Lipinski definition) is 3. The Bertz CT molecular complexity index is 652. The van der Waals surface area contributed by atoms with E-state index in [9.17, 15) is 13.2 Å². The predicted octanol–water partition coefficient (Wildman–Crippen LogP) is 2.67. The number of rotatable bonds is 4. The van der Waals surface area contributed by atoms with Crippen LogP contribution in [0.1, 0.15) is 52.0 Å². The number of nitrogens with one attached hydrogen (secondary N) is 1. The summed E-state index contributed by atoms with van der Waals surface area (Å²) in [5, 5.41) is 0. The predicted molar refractivity (Wildman–Crippen MR) is 95.4 cm³/mol. The van der Waals surface area contributed by atoms with Crippen LogP contribution in [-0.4, -0.2) is 38.9 Å². The monoisotopic (exact) mass is 352 g/mol. The lowest BCUT2D eigenvalue weighted by Gasteiger charge is -2.21. The molecule has 0 atom stereocenters. The highest BCUT2D eigenvalue weighted by Crippen LogP contribution is 2.23. The summed E-state index contributed by atoms with van der Waals surface area (Å²) in [6, 6.07) is 6.84. The van der Waals surface area contributed by atoms with Crippen LogP contribution in [-0.2, 0) is 20.2 Å². The molecule has 6 heteroatoms. The van der Waals surface area contributed by atoms with Crippen LogP contribution in [0.4, 0.5) is 0 Å². The highest BCUT2D eigenvalue weighted by Gasteiger charge is 2.21. The van der Waals surface area contributed by atoms with E-state index < -0.39 is 10.0 Å². The number of nitrogens with zero attached hydrogens (tertiary/aromatic N) is 1. The molecule has 5 nitrogen and oxygen atoms in total. The molecule has 0 bridgehead atoms. The highest BCUT2D eigenvalue weighted by molar-refractivity contribution is 7.89. The molecule has 1 N–H and O–H groups in total. The Labute approximate surface area is 145 Å². The van der Waals surface area contributed by atoms with E-state index in [0.717, 1.165) is 44.3 Å². The second-order valence-corrected chi connectivity index (χ2v) is 9.16. The molecule has 1 aliphatic rings. The molecule has 1 amide bonds. The largest absolute Gasteiger partial charge is 0.342 e. The number of hydrogen-bond donors (Lipinski definition) is 1. The molecule has 0 spiro atoms. The number of carbonyl (C=O) groups is 1. The Morgan fingerprint density at radius 1 is 1.04 bits per heavy atom. The molecular formula is C18H28N2O3S. The summed E-state index contributed by atoms with van der Waals surface area (Å²) < 4.78 is 27.2. The Morgan fingerprint density at radius 3 is 2.08 bits per heavy atom. The Morgan fingerprint density at radius 2 is 1.58 bits per heavy atom. The van der Waals surface area contributed by atoms with Gasteiger partial charge in [0.2, 0.25) is 15.9 Å². The second-order valence-electron chi connectivity index (χ2n) is 7.39. The molecule has 1 fully saturated rings. The molecule has 0 saturated carbocycles. The number of amides is 1. The van der Waals surface area contributed by atoms with E-state index in [-0.39, 0.29) is 22.8 Å². The van der Waals surface area contributed by atoms with E-state index in [0.29, 0.717) is 0 Å². The van der Waals surface area contributed by atoms with Gasteiger partial charge in [0, 0.05) is 13.1 Å². The molecule has 1 aromatic rings. The maximum Gasteiger partial charge on any atom is 0.241 e. The standard InChI is InChI=1S/C18H28N2O3S/c1-18(2,3)15-8-10-16(11-9-15)24(22,23)19-14-17(21)20-12-6-4-5-7-13-20/h8-11,19H,4-7,12-14H2,1-3H3. The van der Waals surface area contributed by atoms with E-state index in [1.807, 2.05) is 12.1 Å². The van der Waals surface area contributed by atoms with Crippen molar-refractivity contribution in [1.29, 1.82) is 0 Å². The van der Waals surface area contributed by atoms with Gasteiger partial charge in [-0.1, -0.05) is 45.7 Å². The fourth-order valence-corrected chi connectivity index (χ4v) is 3.78. The molecule has 1 saturated heterocycles. The minimum atomic E-state index is -3.66. The quantitative estimate of drug-likeness (QED) is 0.906. The summed E-state index contributed by atoms with van der Waals surface area (Å²) in [4.78, 5) is 14.2. The summed E-state index contributed by atoms with van der Waals surface area (Å²) in [5.74, 6) is -0.146. The first kappa shape index (κ1) is 18.9. The number of sulfonamides is 1. The average molecular weight is 353 g/mol. The van der Waals surface area contributed by atoms with Gasteiger partial charge in [-0.25, -0.2) is 13.1 Å². The fraction of sp³-hybridized carbons (Fsp3) is 0.611. The van der Waals surface area contributed by atoms with Crippen LogP contribution in [0.25, 0.3) is 0 Å². The fourth-order valence-electron chi connectivity index (χ4n) is 2.81. The summed E-state index contributed by atoms with van der Waals surface area (Å²) >= 11 is 0. The molecule has 1 heterocycles. The van der Waals surface area contributed by atoms with Crippen molar-refractivity contribution in [3.63, 3.8) is 0 Å². The zero-order valence-electron chi connectivity index (χ0n) is 14.8. The topological polar surface area (TPSA) is 66.5 Å². The molecular weight excluding hydrogens is 324 g/mol. The minimum absolute atomic E-state index is 0.0293. The van der Waals surface area contributed by atoms with Crippen LogP contribution in [0.3, 0.4) is 0 Å². The summed E-state index contributed by atoms with van der Waals surface area (Å²) in [6.07, 6.45) is 4.25. The third-order valence-corrected chi connectivity index (χ3v) is 5.82. The van der Waals surface area contributed by atoms with E-state index in [4.69, 9.17) is 0 Å². The van der Waals surface area contributed by atoms with Gasteiger partial charge in [-0.15, -0.1) is 0 Å². The van der Waals surface area contributed by atoms with E-state index in [1.165, 1.54) is 0 Å². The molecule has 134 valence electrons. The first-order chi connectivity index (χ1) is 11.2. The Hall–Kier alpha value is -1.40. The van der Waals surface area contributed by atoms with Gasteiger partial charge in [-0.3, -0.25) is 4.79 Å². The number of benzene rings is 1. The molecule has 24 heavy (non-hydrogen) atoms. The Balaban J connectivity index is 1.99. The van der Waals surface area contributed by atoms with E-state index >= 15 is 0 Å². The van der Waals surface area contributed by atoms with Crippen LogP contribution in [0, 0.1) is 0 Å². The van der Waals surface area contributed by atoms with Crippen molar-refractivity contribution < 1.29 is 13.2 Å². The smallest absolute Gasteiger partial charge is 0.241 e. The number of likely N-dealkylation sites (tertiary alicyclic amines) is 1. The van der Waals surface area contributed by atoms with Crippen LogP contribution < -0.4 is 4.72 Å². The van der Waals surface area contributed by atoms with Crippen molar-refractivity contribution >= 4 is 15.9 Å². The minimum Gasteiger partial charge on any atom is -0.342 e. The lowest BCUT2D eigenvalue weighted by atomic mass is 9.87. The van der Waals surface area contributed by atoms with Gasteiger partial charge in [-0.05, 0) is 36.0 Å². The number of carbonyl (C=O) groups excluding carboxylic acids is 1. The van der Waals surface area contributed by atoms with E-state index in [2.05, 4.69) is 25.5 Å². The van der Waals surface area contributed by atoms with Gasteiger partial charge in [0.1, 0.15) is 0 Å². The first-order valence-electron chi connectivity index (χ1n) is 8.58. The maximum atomic E-state index is 12.4. The normalized spacial score (nSPS) is 16.7. The van der Waals surface area contributed by atoms with E-state index in [1.54, 1.807) is 17.0 Å². The van der Waals surface area contributed by atoms with Crippen molar-refractivity contribution in [1.82, 2.24) is 9.62 Å². The first-order valence-corrected chi connectivity index (χ1v) is 10.1. The summed E-state index contributed by atoms with van der Waals surface area (Å²) in [7, 11) is -3.66. The summed E-state index contributed by atoms with van der Waals surface area (Å²) in [5.41, 5.74) is 1.04. The zero-order chi connectivity index (χ0) is 17.8. The lowest BCUT2D eigenvalue weighted by molar-refractivity contribution is -0.129. The van der Waals surface area contributed by atoms with Crippen molar-refractivity contribution in [2.24, 2.45) is 0 Å². The molecule has 0 aromatic heterocycles. The van der Waals surface area contributed by atoms with Gasteiger partial charge in [0.25, 0.3) is 0 Å². The van der Waals surface area contributed by atoms with Crippen molar-refractivity contribution in [3.05, 3.63) is 29.8 Å². The lowest BCUT2D eigenvalue weighted by Crippen LogP contribution is -2.40. The third-order valence-electron chi connectivity index (χ3n) is 4.40. The SMILES string of the molecule is CC(C)(C)c1ccc(S(=O)(=O)NCC(=O)N2CCCCCC2)cc1. The third kappa shape index (κ3) is 5.05. The molecule has 0 aliphatic carbocycles. The van der Waals surface area contributed by atoms with Gasteiger partial charge in [0.15, 0.2) is 0 Å². The van der Waals surface area contributed by atoms with Crippen molar-refractivity contribution in [3.8, 4) is 0 Å². The van der Waals surface area contributed by atoms with Gasteiger partial charge < -0.3 is 4.90 Å². The van der Waals surface area contributed by atoms with Crippen LogP contribution in [0.2, 0.25) is 0 Å². The highest BCUT2D eigenvalue weighted by atomic mass is 32.2. The van der Waals surface area contributed by atoms with Crippen molar-refractivity contribution in [2.45, 2.75) is 56.8 Å². The van der Waals surface area contributed by atoms with Crippen LogP contribution in [0.5, 0.6) is 0 Å². The molecule has 1 aliphatic heterocycles. The van der Waals surface area contributed by atoms with Gasteiger partial charge in [0.05, 0.1) is 11.4 Å².